The molecule has 274 valence electrons. The van der Waals surface area contributed by atoms with E-state index < -0.39 is 12.3 Å². The average molecular weight is 731 g/mol. The molecule has 15 heteroatoms. The lowest BCUT2D eigenvalue weighted by atomic mass is 9.76. The van der Waals surface area contributed by atoms with Gasteiger partial charge in [0.2, 0.25) is 17.9 Å². The van der Waals surface area contributed by atoms with Crippen LogP contribution >= 0.6 is 11.6 Å². The van der Waals surface area contributed by atoms with Crippen LogP contribution < -0.4 is 26.0 Å². The zero-order valence-corrected chi connectivity index (χ0v) is 29.0. The van der Waals surface area contributed by atoms with Crippen molar-refractivity contribution in [2.24, 2.45) is 5.41 Å². The summed E-state index contributed by atoms with van der Waals surface area (Å²) in [6, 6.07) is 11.2. The Morgan fingerprint density at radius 3 is 2.57 bits per heavy atom. The van der Waals surface area contributed by atoms with Crippen LogP contribution in [0.2, 0.25) is 5.02 Å². The van der Waals surface area contributed by atoms with E-state index in [9.17, 15) is 27.9 Å². The van der Waals surface area contributed by atoms with E-state index in [-0.39, 0.29) is 69.0 Å². The molecule has 2 atom stereocenters. The monoisotopic (exact) mass is 730 g/mol. The van der Waals surface area contributed by atoms with Crippen LogP contribution in [0, 0.1) is 5.41 Å². The highest BCUT2D eigenvalue weighted by Crippen LogP contribution is 2.44. The van der Waals surface area contributed by atoms with Crippen molar-refractivity contribution in [2.75, 3.05) is 36.9 Å². The van der Waals surface area contributed by atoms with Crippen molar-refractivity contribution in [2.45, 2.75) is 82.3 Å². The number of piperidine rings is 1. The molecule has 3 heterocycles. The molecule has 1 spiro atoms. The average Bonchev–Trinajstić information content (AvgIpc) is 3.51. The second-order valence-electron chi connectivity index (χ2n) is 13.6. The van der Waals surface area contributed by atoms with Crippen LogP contribution in [0.25, 0.3) is 11.1 Å². The summed E-state index contributed by atoms with van der Waals surface area (Å²) in [5.74, 6) is -0.877. The van der Waals surface area contributed by atoms with Gasteiger partial charge in [0.25, 0.3) is 5.91 Å². The third kappa shape index (κ3) is 8.67. The molecule has 5 N–H and O–H groups in total. The molecule has 11 nitrogen and oxygen atoms in total. The summed E-state index contributed by atoms with van der Waals surface area (Å²) in [6.07, 6.45) is -3.16. The number of alkyl halides is 3. The summed E-state index contributed by atoms with van der Waals surface area (Å²) in [7, 11) is 0. The van der Waals surface area contributed by atoms with Gasteiger partial charge in [-0.1, -0.05) is 29.8 Å². The molecular formula is C36H42ClF3N6O5. The van der Waals surface area contributed by atoms with Crippen molar-refractivity contribution < 1.29 is 37.3 Å². The van der Waals surface area contributed by atoms with Crippen LogP contribution in [0.5, 0.6) is 5.88 Å². The Kier molecular flexibility index (Phi) is 10.9. The Morgan fingerprint density at radius 1 is 1.12 bits per heavy atom. The number of aliphatic hydroxyl groups excluding tert-OH is 1. The number of carbonyl (C=O) groups is 2. The van der Waals surface area contributed by atoms with Gasteiger partial charge in [0.15, 0.2) is 0 Å². The number of aliphatic hydroxyl groups is 1. The van der Waals surface area contributed by atoms with E-state index in [0.29, 0.717) is 69.7 Å². The zero-order chi connectivity index (χ0) is 36.3. The lowest BCUT2D eigenvalue weighted by Gasteiger charge is -2.39. The molecule has 0 bridgehead atoms. The number of ether oxygens (including phenoxy) is 2. The molecule has 3 aromatic rings. The normalized spacial score (nSPS) is 22.4. The number of nitrogen functional groups attached to an aromatic ring is 1. The van der Waals surface area contributed by atoms with Gasteiger partial charge in [-0.3, -0.25) is 9.59 Å². The zero-order valence-electron chi connectivity index (χ0n) is 28.2. The summed E-state index contributed by atoms with van der Waals surface area (Å²) in [5, 5.41) is 16.2. The van der Waals surface area contributed by atoms with Crippen molar-refractivity contribution in [1.29, 1.82) is 0 Å². The Hall–Kier alpha value is -4.14. The van der Waals surface area contributed by atoms with Crippen LogP contribution in [-0.2, 0) is 9.53 Å². The SMILES string of the molecule is CCOC(=O)[C@@H]1CC2(CCN(c3cc(O[C@H](c4ccc(Cl)cc4-c4cccc(C(=O)NC5CCC(O)CC5)c4)C(F)(F)F)nc(N)n3)CC2)CN1. The van der Waals surface area contributed by atoms with E-state index in [4.69, 9.17) is 26.8 Å². The molecule has 2 aromatic carbocycles. The molecule has 3 fully saturated rings. The molecular weight excluding hydrogens is 689 g/mol. The minimum atomic E-state index is -4.88. The summed E-state index contributed by atoms with van der Waals surface area (Å²) < 4.78 is 55.5. The first kappa shape index (κ1) is 36.6. The van der Waals surface area contributed by atoms with Crippen molar-refractivity contribution in [3.05, 3.63) is 64.7 Å². The Morgan fingerprint density at radius 2 is 1.86 bits per heavy atom. The number of nitrogens with two attached hydrogens (primary N) is 1. The second kappa shape index (κ2) is 15.2. The number of hydrogen-bond donors (Lipinski definition) is 4. The summed E-state index contributed by atoms with van der Waals surface area (Å²) in [4.78, 5) is 35.7. The molecule has 1 aromatic heterocycles. The molecule has 3 aliphatic rings. The topological polar surface area (TPSA) is 152 Å². The highest BCUT2D eigenvalue weighted by molar-refractivity contribution is 6.30. The number of halogens is 4. The van der Waals surface area contributed by atoms with E-state index in [1.165, 1.54) is 30.3 Å². The molecule has 2 aliphatic heterocycles. The van der Waals surface area contributed by atoms with Gasteiger partial charge in [-0.05, 0) is 92.7 Å². The lowest BCUT2D eigenvalue weighted by molar-refractivity contribution is -0.198. The predicted octanol–water partition coefficient (Wildman–Crippen LogP) is 5.61. The lowest BCUT2D eigenvalue weighted by Crippen LogP contribution is -2.41. The van der Waals surface area contributed by atoms with Gasteiger partial charge in [0.1, 0.15) is 11.9 Å². The highest BCUT2D eigenvalue weighted by Gasteiger charge is 2.46. The number of aromatic nitrogens is 2. The summed E-state index contributed by atoms with van der Waals surface area (Å²) in [5.41, 5.74) is 6.43. The molecule has 2 saturated heterocycles. The van der Waals surface area contributed by atoms with Gasteiger partial charge in [-0.2, -0.15) is 23.1 Å². The van der Waals surface area contributed by atoms with Crippen molar-refractivity contribution in [1.82, 2.24) is 20.6 Å². The molecule has 0 radical (unpaired) electrons. The largest absolute Gasteiger partial charge is 0.465 e. The van der Waals surface area contributed by atoms with Crippen LogP contribution in [0.4, 0.5) is 24.9 Å². The number of anilines is 2. The van der Waals surface area contributed by atoms with Gasteiger partial charge in [-0.15, -0.1) is 0 Å². The van der Waals surface area contributed by atoms with Gasteiger partial charge >= 0.3 is 12.1 Å². The summed E-state index contributed by atoms with van der Waals surface area (Å²) >= 11 is 6.31. The van der Waals surface area contributed by atoms with Crippen molar-refractivity contribution in [3.8, 4) is 17.0 Å². The maximum absolute atomic E-state index is 14.9. The molecule has 0 unspecified atom stereocenters. The Balaban J connectivity index is 1.21. The quantitative estimate of drug-likeness (QED) is 0.205. The van der Waals surface area contributed by atoms with E-state index in [0.717, 1.165) is 12.8 Å². The van der Waals surface area contributed by atoms with Crippen LogP contribution in [-0.4, -0.2) is 77.6 Å². The first-order valence-corrected chi connectivity index (χ1v) is 17.6. The molecule has 51 heavy (non-hydrogen) atoms. The first-order valence-electron chi connectivity index (χ1n) is 17.2. The van der Waals surface area contributed by atoms with Gasteiger partial charge in [-0.25, -0.2) is 0 Å². The molecule has 1 amide bonds. The third-order valence-electron chi connectivity index (χ3n) is 10.1. The number of benzene rings is 2. The number of carbonyl (C=O) groups excluding carboxylic acids is 2. The molecule has 1 aliphatic carbocycles. The smallest absolute Gasteiger partial charge is 0.429 e. The summed E-state index contributed by atoms with van der Waals surface area (Å²) in [6.45, 7) is 3.84. The van der Waals surface area contributed by atoms with Crippen LogP contribution in [0.1, 0.15) is 73.9 Å². The fraction of sp³-hybridized carbons (Fsp3) is 0.500. The maximum atomic E-state index is 14.9. The predicted molar refractivity (Wildman–Crippen MR) is 185 cm³/mol. The highest BCUT2D eigenvalue weighted by atomic mass is 35.5. The van der Waals surface area contributed by atoms with E-state index in [2.05, 4.69) is 20.6 Å². The number of rotatable bonds is 9. The van der Waals surface area contributed by atoms with E-state index in [1.807, 2.05) is 4.90 Å². The van der Waals surface area contributed by atoms with Crippen molar-refractivity contribution >= 4 is 35.2 Å². The van der Waals surface area contributed by atoms with Gasteiger partial charge < -0.3 is 35.8 Å². The van der Waals surface area contributed by atoms with Gasteiger partial charge in [0, 0.05) is 47.9 Å². The van der Waals surface area contributed by atoms with Crippen LogP contribution in [0.3, 0.4) is 0 Å². The van der Waals surface area contributed by atoms with Gasteiger partial charge in [0.05, 0.1) is 12.7 Å². The minimum absolute atomic E-state index is 0.102. The number of amides is 1. The number of nitrogens with zero attached hydrogens (tertiary/aromatic N) is 3. The Bertz CT molecular complexity index is 1730. The maximum Gasteiger partial charge on any atom is 0.429 e. The fourth-order valence-electron chi connectivity index (χ4n) is 7.32. The second-order valence-corrected chi connectivity index (χ2v) is 14.1. The van der Waals surface area contributed by atoms with Crippen molar-refractivity contribution in [3.63, 3.8) is 0 Å². The standard InChI is InChI=1S/C36H42ClF3N6O5/c1-2-50-33(49)28-19-35(20-42-28)12-14-46(15-13-35)29-18-30(45-34(41)44-29)51-31(36(38,39)40)26-11-6-23(37)17-27(26)21-4-3-5-22(16-21)32(48)43-24-7-9-25(47)10-8-24/h3-6,11,16-18,24-25,28,31,42,47H,2,7-10,12-15,19-20H2,1H3,(H,43,48)(H2,41,44,45)/t24?,25?,28-,31+/m0/s1. The van der Waals surface area contributed by atoms with E-state index in [1.54, 1.807) is 25.1 Å². The third-order valence-corrected chi connectivity index (χ3v) is 10.3. The van der Waals surface area contributed by atoms with E-state index >= 15 is 0 Å². The molecule has 1 saturated carbocycles. The number of nitrogens with one attached hydrogen (secondary N) is 2. The fourth-order valence-corrected chi connectivity index (χ4v) is 7.49. The number of esters is 1. The molecule has 6 rings (SSSR count). The van der Waals surface area contributed by atoms with Crippen LogP contribution in [0.15, 0.2) is 48.5 Å². The number of hydrogen-bond acceptors (Lipinski definition) is 10. The minimum Gasteiger partial charge on any atom is -0.465 e. The Labute approximate surface area is 299 Å². The first-order chi connectivity index (χ1) is 24.3.